The fraction of sp³-hybridized carbons (Fsp3) is 0.182. The Bertz CT molecular complexity index is 467. The van der Waals surface area contributed by atoms with Gasteiger partial charge < -0.3 is 10.2 Å². The lowest BCUT2D eigenvalue weighted by Crippen LogP contribution is -2.13. The number of halogens is 1. The van der Waals surface area contributed by atoms with Crippen molar-refractivity contribution >= 4 is 0 Å². The van der Waals surface area contributed by atoms with Crippen molar-refractivity contribution in [2.75, 3.05) is 0 Å². The van der Waals surface area contributed by atoms with Crippen molar-refractivity contribution < 1.29 is 8.81 Å². The van der Waals surface area contributed by atoms with Gasteiger partial charge in [0.1, 0.15) is 11.6 Å². The minimum atomic E-state index is -0.581. The third-order valence-electron chi connectivity index (χ3n) is 2.32. The topological polar surface area (TPSA) is 52.0 Å². The molecular weight excluding hydrogens is 195 g/mol. The molecule has 0 aromatic carbocycles. The number of furan rings is 1. The Labute approximate surface area is 86.7 Å². The van der Waals surface area contributed by atoms with Crippen molar-refractivity contribution in [2.24, 2.45) is 5.73 Å². The Hall–Kier alpha value is -1.68. The van der Waals surface area contributed by atoms with Crippen LogP contribution in [0.3, 0.4) is 0 Å². The van der Waals surface area contributed by atoms with E-state index in [1.807, 2.05) is 6.92 Å². The predicted molar refractivity (Wildman–Crippen MR) is 53.7 cm³/mol. The monoisotopic (exact) mass is 206 g/mol. The van der Waals surface area contributed by atoms with E-state index in [0.717, 1.165) is 11.8 Å². The molecule has 78 valence electrons. The third-order valence-corrected chi connectivity index (χ3v) is 2.32. The number of aromatic nitrogens is 1. The number of rotatable bonds is 2. The smallest absolute Gasteiger partial charge is 0.146 e. The van der Waals surface area contributed by atoms with Crippen LogP contribution in [0, 0.1) is 12.7 Å². The highest BCUT2D eigenvalue weighted by Gasteiger charge is 2.17. The van der Waals surface area contributed by atoms with E-state index in [2.05, 4.69) is 4.98 Å². The lowest BCUT2D eigenvalue weighted by molar-refractivity contribution is 0.477. The Morgan fingerprint density at radius 3 is 2.87 bits per heavy atom. The van der Waals surface area contributed by atoms with Crippen LogP contribution in [0.2, 0.25) is 0 Å². The fourth-order valence-electron chi connectivity index (χ4n) is 1.48. The second-order valence-electron chi connectivity index (χ2n) is 3.34. The zero-order chi connectivity index (χ0) is 10.8. The van der Waals surface area contributed by atoms with Gasteiger partial charge in [-0.15, -0.1) is 0 Å². The van der Waals surface area contributed by atoms with E-state index in [9.17, 15) is 4.39 Å². The Balaban J connectivity index is 2.41. The second-order valence-corrected chi connectivity index (χ2v) is 3.34. The molecule has 1 atom stereocenters. The van der Waals surface area contributed by atoms with Crippen LogP contribution in [0.4, 0.5) is 4.39 Å². The molecule has 1 unspecified atom stereocenters. The lowest BCUT2D eigenvalue weighted by Gasteiger charge is -2.10. The number of pyridine rings is 1. The van der Waals surface area contributed by atoms with Crippen molar-refractivity contribution in [1.29, 1.82) is 0 Å². The van der Waals surface area contributed by atoms with Crippen molar-refractivity contribution in [3.05, 3.63) is 53.5 Å². The van der Waals surface area contributed by atoms with Gasteiger partial charge in [-0.05, 0) is 24.6 Å². The molecule has 15 heavy (non-hydrogen) atoms. The van der Waals surface area contributed by atoms with Gasteiger partial charge in [-0.2, -0.15) is 0 Å². The average Bonchev–Trinajstić information content (AvgIpc) is 2.64. The normalized spacial score (nSPS) is 12.7. The average molecular weight is 206 g/mol. The van der Waals surface area contributed by atoms with Crippen LogP contribution in [-0.2, 0) is 0 Å². The van der Waals surface area contributed by atoms with Crippen LogP contribution in [0.5, 0.6) is 0 Å². The SMILES string of the molecule is Cc1ccoc1C(N)c1ccncc1F. The van der Waals surface area contributed by atoms with Gasteiger partial charge in [0, 0.05) is 11.8 Å². The van der Waals surface area contributed by atoms with E-state index in [1.165, 1.54) is 6.20 Å². The summed E-state index contributed by atoms with van der Waals surface area (Å²) in [5, 5.41) is 0. The molecule has 2 aromatic heterocycles. The Kier molecular flexibility index (Phi) is 2.51. The number of hydrogen-bond donors (Lipinski definition) is 1. The Morgan fingerprint density at radius 2 is 2.27 bits per heavy atom. The molecule has 0 aliphatic carbocycles. The third kappa shape index (κ3) is 1.76. The highest BCUT2D eigenvalue weighted by molar-refractivity contribution is 5.29. The quantitative estimate of drug-likeness (QED) is 0.819. The van der Waals surface area contributed by atoms with Gasteiger partial charge in [0.15, 0.2) is 0 Å². The molecule has 0 radical (unpaired) electrons. The largest absolute Gasteiger partial charge is 0.467 e. The lowest BCUT2D eigenvalue weighted by atomic mass is 10.0. The summed E-state index contributed by atoms with van der Waals surface area (Å²) in [7, 11) is 0. The van der Waals surface area contributed by atoms with Crippen LogP contribution in [0.15, 0.2) is 35.2 Å². The molecule has 0 amide bonds. The molecule has 2 rings (SSSR count). The van der Waals surface area contributed by atoms with Crippen LogP contribution >= 0.6 is 0 Å². The summed E-state index contributed by atoms with van der Waals surface area (Å²) < 4.78 is 18.6. The van der Waals surface area contributed by atoms with Crippen LogP contribution in [0.25, 0.3) is 0 Å². The minimum Gasteiger partial charge on any atom is -0.467 e. The summed E-state index contributed by atoms with van der Waals surface area (Å²) >= 11 is 0. The fourth-order valence-corrected chi connectivity index (χ4v) is 1.48. The van der Waals surface area contributed by atoms with Crippen LogP contribution < -0.4 is 5.73 Å². The first-order valence-electron chi connectivity index (χ1n) is 4.59. The van der Waals surface area contributed by atoms with E-state index in [1.54, 1.807) is 18.4 Å². The minimum absolute atomic E-state index is 0.392. The maximum absolute atomic E-state index is 13.4. The summed E-state index contributed by atoms with van der Waals surface area (Å²) in [6.45, 7) is 1.87. The zero-order valence-electron chi connectivity index (χ0n) is 8.27. The maximum Gasteiger partial charge on any atom is 0.146 e. The summed E-state index contributed by atoms with van der Waals surface area (Å²) in [5.41, 5.74) is 7.21. The van der Waals surface area contributed by atoms with Crippen molar-refractivity contribution in [2.45, 2.75) is 13.0 Å². The highest BCUT2D eigenvalue weighted by atomic mass is 19.1. The first-order chi connectivity index (χ1) is 7.20. The number of nitrogens with zero attached hydrogens (tertiary/aromatic N) is 1. The maximum atomic E-state index is 13.4. The van der Waals surface area contributed by atoms with E-state index >= 15 is 0 Å². The van der Waals surface area contributed by atoms with Gasteiger partial charge in [0.05, 0.1) is 18.5 Å². The zero-order valence-corrected chi connectivity index (χ0v) is 8.27. The van der Waals surface area contributed by atoms with Crippen molar-refractivity contribution in [3.8, 4) is 0 Å². The summed E-state index contributed by atoms with van der Waals surface area (Å²) in [5.74, 6) is 0.168. The van der Waals surface area contributed by atoms with Gasteiger partial charge in [0.2, 0.25) is 0 Å². The van der Waals surface area contributed by atoms with Gasteiger partial charge in [-0.25, -0.2) is 4.39 Å². The number of nitrogens with two attached hydrogens (primary N) is 1. The first-order valence-corrected chi connectivity index (χ1v) is 4.59. The van der Waals surface area contributed by atoms with E-state index in [-0.39, 0.29) is 0 Å². The van der Waals surface area contributed by atoms with Crippen LogP contribution in [-0.4, -0.2) is 4.98 Å². The molecule has 0 spiro atoms. The van der Waals surface area contributed by atoms with Gasteiger partial charge in [-0.3, -0.25) is 4.98 Å². The van der Waals surface area contributed by atoms with Crippen molar-refractivity contribution in [1.82, 2.24) is 4.98 Å². The molecule has 2 heterocycles. The van der Waals surface area contributed by atoms with Gasteiger partial charge >= 0.3 is 0 Å². The molecule has 0 aliphatic heterocycles. The van der Waals surface area contributed by atoms with Crippen LogP contribution in [0.1, 0.15) is 22.9 Å². The van der Waals surface area contributed by atoms with Crippen molar-refractivity contribution in [3.63, 3.8) is 0 Å². The molecule has 0 aliphatic rings. The molecule has 2 aromatic rings. The molecule has 0 bridgehead atoms. The highest BCUT2D eigenvalue weighted by Crippen LogP contribution is 2.24. The standard InChI is InChI=1S/C11H11FN2O/c1-7-3-5-15-11(7)10(13)8-2-4-14-6-9(8)12/h2-6,10H,13H2,1H3. The van der Waals surface area contributed by atoms with Gasteiger partial charge in [0.25, 0.3) is 0 Å². The first kappa shape index (κ1) is 9.86. The molecule has 3 nitrogen and oxygen atoms in total. The second kappa shape index (κ2) is 3.82. The molecule has 0 saturated heterocycles. The molecule has 4 heteroatoms. The van der Waals surface area contributed by atoms with E-state index in [0.29, 0.717) is 11.3 Å². The molecule has 2 N–H and O–H groups in total. The van der Waals surface area contributed by atoms with Gasteiger partial charge in [-0.1, -0.05) is 0 Å². The Morgan fingerprint density at radius 1 is 1.47 bits per heavy atom. The summed E-state index contributed by atoms with van der Waals surface area (Å²) in [6, 6.07) is 2.78. The molecule has 0 fully saturated rings. The van der Waals surface area contributed by atoms with E-state index < -0.39 is 11.9 Å². The van der Waals surface area contributed by atoms with E-state index in [4.69, 9.17) is 10.2 Å². The molecule has 0 saturated carbocycles. The summed E-state index contributed by atoms with van der Waals surface area (Å²) in [4.78, 5) is 3.67. The molecular formula is C11H11FN2O. The number of hydrogen-bond acceptors (Lipinski definition) is 3. The predicted octanol–water partition coefficient (Wildman–Crippen LogP) is 2.17. The number of aryl methyl sites for hydroxylation is 1. The summed E-state index contributed by atoms with van der Waals surface area (Å²) in [6.07, 6.45) is 4.20.